The van der Waals surface area contributed by atoms with Gasteiger partial charge in [0.15, 0.2) is 5.76 Å². The van der Waals surface area contributed by atoms with Gasteiger partial charge in [-0.25, -0.2) is 4.79 Å². The van der Waals surface area contributed by atoms with E-state index in [1.54, 1.807) is 24.3 Å². The minimum atomic E-state index is -1.09. The van der Waals surface area contributed by atoms with Crippen LogP contribution in [0.15, 0.2) is 40.8 Å². The summed E-state index contributed by atoms with van der Waals surface area (Å²) in [4.78, 5) is 22.9. The second kappa shape index (κ2) is 5.39. The first-order valence-electron chi connectivity index (χ1n) is 5.84. The lowest BCUT2D eigenvalue weighted by Crippen LogP contribution is -2.14. The highest BCUT2D eigenvalue weighted by atomic mass is 16.4. The van der Waals surface area contributed by atoms with E-state index in [2.05, 4.69) is 5.32 Å². The van der Waals surface area contributed by atoms with E-state index in [-0.39, 0.29) is 17.0 Å². The molecule has 5 heteroatoms. The minimum Gasteiger partial charge on any atom is -0.478 e. The van der Waals surface area contributed by atoms with Gasteiger partial charge in [-0.05, 0) is 24.3 Å². The molecule has 2 N–H and O–H groups in total. The molecule has 0 bridgehead atoms. The number of benzene rings is 1. The van der Waals surface area contributed by atoms with Crippen molar-refractivity contribution in [1.29, 1.82) is 0 Å². The van der Waals surface area contributed by atoms with Gasteiger partial charge in [0, 0.05) is 6.42 Å². The van der Waals surface area contributed by atoms with Crippen LogP contribution in [-0.4, -0.2) is 17.0 Å². The summed E-state index contributed by atoms with van der Waals surface area (Å²) in [6.45, 7) is 1.92. The number of aromatic carboxylic acids is 1. The van der Waals surface area contributed by atoms with Crippen LogP contribution in [0.4, 0.5) is 5.69 Å². The zero-order chi connectivity index (χ0) is 13.8. The number of furan rings is 1. The molecule has 0 aliphatic rings. The van der Waals surface area contributed by atoms with Crippen LogP contribution in [0, 0.1) is 0 Å². The lowest BCUT2D eigenvalue weighted by molar-refractivity contribution is 0.0698. The van der Waals surface area contributed by atoms with Crippen molar-refractivity contribution in [3.05, 3.63) is 53.5 Å². The Morgan fingerprint density at radius 3 is 2.58 bits per heavy atom. The summed E-state index contributed by atoms with van der Waals surface area (Å²) in [7, 11) is 0. The van der Waals surface area contributed by atoms with E-state index >= 15 is 0 Å². The highest BCUT2D eigenvalue weighted by Gasteiger charge is 2.15. The Morgan fingerprint density at radius 2 is 1.95 bits per heavy atom. The van der Waals surface area contributed by atoms with E-state index in [0.717, 1.165) is 0 Å². The molecule has 2 aromatic rings. The molecule has 0 saturated heterocycles. The van der Waals surface area contributed by atoms with Crippen LogP contribution in [0.5, 0.6) is 0 Å². The van der Waals surface area contributed by atoms with Crippen LogP contribution in [0.1, 0.15) is 33.6 Å². The second-order valence-electron chi connectivity index (χ2n) is 3.92. The molecule has 5 nitrogen and oxygen atoms in total. The van der Waals surface area contributed by atoms with Crippen molar-refractivity contribution in [2.24, 2.45) is 0 Å². The molecule has 0 unspecified atom stereocenters. The Bertz CT molecular complexity index is 615. The predicted molar refractivity (Wildman–Crippen MR) is 69.4 cm³/mol. The van der Waals surface area contributed by atoms with Crippen molar-refractivity contribution in [3.8, 4) is 0 Å². The fraction of sp³-hybridized carbons (Fsp3) is 0.143. The minimum absolute atomic E-state index is 0.0399. The van der Waals surface area contributed by atoms with Gasteiger partial charge in [0.25, 0.3) is 5.91 Å². The summed E-state index contributed by atoms with van der Waals surface area (Å²) in [5.41, 5.74) is 0.285. The first-order chi connectivity index (χ1) is 9.11. The molecule has 1 heterocycles. The predicted octanol–water partition coefficient (Wildman–Crippen LogP) is 2.79. The number of rotatable bonds is 4. The molecule has 98 valence electrons. The quantitative estimate of drug-likeness (QED) is 0.884. The highest BCUT2D eigenvalue weighted by molar-refractivity contribution is 6.06. The molecule has 19 heavy (non-hydrogen) atoms. The maximum atomic E-state index is 11.9. The molecule has 2 rings (SSSR count). The first-order valence-corrected chi connectivity index (χ1v) is 5.84. The van der Waals surface area contributed by atoms with E-state index in [9.17, 15) is 9.59 Å². The summed E-state index contributed by atoms with van der Waals surface area (Å²) < 4.78 is 5.31. The second-order valence-corrected chi connectivity index (χ2v) is 3.92. The Morgan fingerprint density at radius 1 is 1.21 bits per heavy atom. The van der Waals surface area contributed by atoms with E-state index in [1.807, 2.05) is 6.92 Å². The first kappa shape index (κ1) is 12.9. The van der Waals surface area contributed by atoms with Crippen LogP contribution in [0.3, 0.4) is 0 Å². The fourth-order valence-electron chi connectivity index (χ4n) is 1.65. The average Bonchev–Trinajstić information content (AvgIpc) is 2.88. The number of hydrogen-bond acceptors (Lipinski definition) is 3. The summed E-state index contributed by atoms with van der Waals surface area (Å²) >= 11 is 0. The van der Waals surface area contributed by atoms with Crippen molar-refractivity contribution < 1.29 is 19.1 Å². The van der Waals surface area contributed by atoms with Gasteiger partial charge in [0.05, 0.1) is 11.3 Å². The lowest BCUT2D eigenvalue weighted by atomic mass is 10.2. The maximum Gasteiger partial charge on any atom is 0.337 e. The molecule has 0 spiro atoms. The molecule has 1 amide bonds. The van der Waals surface area contributed by atoms with Gasteiger partial charge in [-0.15, -0.1) is 0 Å². The van der Waals surface area contributed by atoms with Gasteiger partial charge in [-0.3, -0.25) is 4.79 Å². The molecular formula is C14H13NO4. The summed E-state index contributed by atoms with van der Waals surface area (Å²) in [6, 6.07) is 9.50. The lowest BCUT2D eigenvalue weighted by Gasteiger charge is -2.06. The van der Waals surface area contributed by atoms with E-state index in [4.69, 9.17) is 9.52 Å². The van der Waals surface area contributed by atoms with Crippen molar-refractivity contribution >= 4 is 17.6 Å². The number of carbonyl (C=O) groups excluding carboxylic acids is 1. The van der Waals surface area contributed by atoms with Crippen LogP contribution in [0.2, 0.25) is 0 Å². The third-order valence-corrected chi connectivity index (χ3v) is 2.64. The largest absolute Gasteiger partial charge is 0.478 e. The monoisotopic (exact) mass is 259 g/mol. The number of carbonyl (C=O) groups is 2. The average molecular weight is 259 g/mol. The van der Waals surface area contributed by atoms with E-state index in [1.165, 1.54) is 12.1 Å². The third kappa shape index (κ3) is 2.82. The van der Waals surface area contributed by atoms with Gasteiger partial charge in [0.2, 0.25) is 0 Å². The summed E-state index contributed by atoms with van der Waals surface area (Å²) in [6.07, 6.45) is 0.693. The standard InChI is InChI=1S/C14H13NO4/c1-2-9-7-8-12(19-9)13(16)15-11-6-4-3-5-10(11)14(17)18/h3-8H,2H2,1H3,(H,15,16)(H,17,18). The van der Waals surface area contributed by atoms with Crippen LogP contribution < -0.4 is 5.32 Å². The molecule has 0 aliphatic heterocycles. The Kier molecular flexibility index (Phi) is 3.66. The SMILES string of the molecule is CCc1ccc(C(=O)Nc2ccccc2C(=O)O)o1. The molecule has 0 radical (unpaired) electrons. The van der Waals surface area contributed by atoms with E-state index in [0.29, 0.717) is 12.2 Å². The Balaban J connectivity index is 2.21. The number of aryl methyl sites for hydroxylation is 1. The van der Waals surface area contributed by atoms with Crippen molar-refractivity contribution in [1.82, 2.24) is 0 Å². The number of nitrogens with one attached hydrogen (secondary N) is 1. The maximum absolute atomic E-state index is 11.9. The number of carboxylic acid groups (broad SMARTS) is 1. The van der Waals surface area contributed by atoms with Gasteiger partial charge in [-0.2, -0.15) is 0 Å². The van der Waals surface area contributed by atoms with Crippen LogP contribution in [-0.2, 0) is 6.42 Å². The zero-order valence-corrected chi connectivity index (χ0v) is 10.3. The summed E-state index contributed by atoms with van der Waals surface area (Å²) in [5, 5.41) is 11.5. The van der Waals surface area contributed by atoms with Crippen molar-refractivity contribution in [3.63, 3.8) is 0 Å². The Hall–Kier alpha value is -2.56. The fourth-order valence-corrected chi connectivity index (χ4v) is 1.65. The number of hydrogen-bond donors (Lipinski definition) is 2. The molecule has 0 fully saturated rings. The van der Waals surface area contributed by atoms with Crippen molar-refractivity contribution in [2.75, 3.05) is 5.32 Å². The number of anilines is 1. The smallest absolute Gasteiger partial charge is 0.337 e. The van der Waals surface area contributed by atoms with Gasteiger partial charge >= 0.3 is 5.97 Å². The molecule has 1 aromatic carbocycles. The molecular weight excluding hydrogens is 246 g/mol. The topological polar surface area (TPSA) is 79.5 Å². The van der Waals surface area contributed by atoms with Crippen LogP contribution >= 0.6 is 0 Å². The molecule has 0 saturated carbocycles. The normalized spacial score (nSPS) is 10.2. The van der Waals surface area contributed by atoms with Gasteiger partial charge in [0.1, 0.15) is 5.76 Å². The molecule has 0 atom stereocenters. The molecule has 1 aromatic heterocycles. The molecule has 0 aliphatic carbocycles. The van der Waals surface area contributed by atoms with Crippen molar-refractivity contribution in [2.45, 2.75) is 13.3 Å². The number of carboxylic acids is 1. The number of amides is 1. The van der Waals surface area contributed by atoms with E-state index < -0.39 is 11.9 Å². The Labute approximate surface area is 109 Å². The van der Waals surface area contributed by atoms with Gasteiger partial charge < -0.3 is 14.8 Å². The van der Waals surface area contributed by atoms with Crippen LogP contribution in [0.25, 0.3) is 0 Å². The van der Waals surface area contributed by atoms with Gasteiger partial charge in [-0.1, -0.05) is 19.1 Å². The zero-order valence-electron chi connectivity index (χ0n) is 10.3. The third-order valence-electron chi connectivity index (χ3n) is 2.64. The summed E-state index contributed by atoms with van der Waals surface area (Å²) in [5.74, 6) is -0.688. The number of para-hydroxylation sites is 1. The highest BCUT2D eigenvalue weighted by Crippen LogP contribution is 2.17.